The lowest BCUT2D eigenvalue weighted by Crippen LogP contribution is -1.98. The molecule has 0 saturated heterocycles. The maximum absolute atomic E-state index is 2.41. The first-order chi connectivity index (χ1) is 7.69. The Bertz CT molecular complexity index is 290. The van der Waals surface area contributed by atoms with E-state index in [9.17, 15) is 0 Å². The molecule has 0 bridgehead atoms. The minimum Gasteiger partial charge on any atom is -0.0654 e. The van der Waals surface area contributed by atoms with Crippen molar-refractivity contribution in [1.82, 2.24) is 0 Å². The Labute approximate surface area is 101 Å². The van der Waals surface area contributed by atoms with Crippen LogP contribution >= 0.6 is 0 Å². The minimum atomic E-state index is 1.26. The van der Waals surface area contributed by atoms with E-state index >= 15 is 0 Å². The van der Waals surface area contributed by atoms with Crippen LogP contribution in [-0.2, 0) is 12.8 Å². The van der Waals surface area contributed by atoms with Crippen molar-refractivity contribution in [3.63, 3.8) is 0 Å². The molecule has 1 aromatic rings. The van der Waals surface area contributed by atoms with Crippen molar-refractivity contribution in [2.45, 2.75) is 66.2 Å². The number of unbranched alkanes of at least 4 members (excludes halogenated alkanes) is 2. The van der Waals surface area contributed by atoms with E-state index in [0.717, 1.165) is 0 Å². The van der Waals surface area contributed by atoms with Crippen LogP contribution in [0.15, 0.2) is 12.1 Å². The summed E-state index contributed by atoms with van der Waals surface area (Å²) in [5.74, 6) is 0. The summed E-state index contributed by atoms with van der Waals surface area (Å²) in [7, 11) is 0. The zero-order chi connectivity index (χ0) is 12.0. The molecule has 0 atom stereocenters. The van der Waals surface area contributed by atoms with E-state index < -0.39 is 0 Å². The lowest BCUT2D eigenvalue weighted by molar-refractivity contribution is 0.756. The summed E-state index contributed by atoms with van der Waals surface area (Å²) in [5, 5.41) is 0. The SMILES string of the molecule is CCCCc1cc(C)c(C)cc1CCCC. The van der Waals surface area contributed by atoms with E-state index in [1.165, 1.54) is 49.7 Å². The highest BCUT2D eigenvalue weighted by atomic mass is 14.1. The van der Waals surface area contributed by atoms with Crippen LogP contribution in [0.5, 0.6) is 0 Å². The van der Waals surface area contributed by atoms with Crippen LogP contribution in [0.25, 0.3) is 0 Å². The highest BCUT2D eigenvalue weighted by Gasteiger charge is 2.04. The quantitative estimate of drug-likeness (QED) is 0.631. The van der Waals surface area contributed by atoms with Crippen LogP contribution in [0.1, 0.15) is 61.8 Å². The lowest BCUT2D eigenvalue weighted by atomic mass is 9.93. The van der Waals surface area contributed by atoms with Crippen molar-refractivity contribution in [2.75, 3.05) is 0 Å². The van der Waals surface area contributed by atoms with Crippen LogP contribution in [-0.4, -0.2) is 0 Å². The monoisotopic (exact) mass is 218 g/mol. The zero-order valence-corrected chi connectivity index (χ0v) is 11.4. The molecule has 16 heavy (non-hydrogen) atoms. The largest absolute Gasteiger partial charge is 0.0654 e. The normalized spacial score (nSPS) is 10.8. The van der Waals surface area contributed by atoms with Gasteiger partial charge in [0.05, 0.1) is 0 Å². The number of rotatable bonds is 6. The molecule has 0 amide bonds. The lowest BCUT2D eigenvalue weighted by Gasteiger charge is -2.12. The second-order valence-corrected chi connectivity index (χ2v) is 4.91. The van der Waals surface area contributed by atoms with Gasteiger partial charge in [0.1, 0.15) is 0 Å². The van der Waals surface area contributed by atoms with E-state index in [1.807, 2.05) is 0 Å². The van der Waals surface area contributed by atoms with Gasteiger partial charge in [-0.2, -0.15) is 0 Å². The maximum atomic E-state index is 2.41. The van der Waals surface area contributed by atoms with Crippen molar-refractivity contribution in [3.8, 4) is 0 Å². The third-order valence-electron chi connectivity index (χ3n) is 3.42. The molecular weight excluding hydrogens is 192 g/mol. The average Bonchev–Trinajstić information content (AvgIpc) is 2.28. The van der Waals surface area contributed by atoms with Crippen molar-refractivity contribution in [1.29, 1.82) is 0 Å². The Morgan fingerprint density at radius 2 is 1.12 bits per heavy atom. The van der Waals surface area contributed by atoms with Gasteiger partial charge < -0.3 is 0 Å². The van der Waals surface area contributed by atoms with Crippen LogP contribution in [0.3, 0.4) is 0 Å². The Morgan fingerprint density at radius 3 is 1.44 bits per heavy atom. The van der Waals surface area contributed by atoms with E-state index in [2.05, 4.69) is 39.8 Å². The molecule has 0 N–H and O–H groups in total. The summed E-state index contributed by atoms with van der Waals surface area (Å²) in [4.78, 5) is 0. The third-order valence-corrected chi connectivity index (χ3v) is 3.42. The predicted molar refractivity (Wildman–Crippen MR) is 73.1 cm³/mol. The van der Waals surface area contributed by atoms with Crippen LogP contribution in [0.4, 0.5) is 0 Å². The summed E-state index contributed by atoms with van der Waals surface area (Å²) < 4.78 is 0. The molecule has 0 saturated carbocycles. The fraction of sp³-hybridized carbons (Fsp3) is 0.625. The molecule has 0 nitrogen and oxygen atoms in total. The molecule has 0 aliphatic carbocycles. The fourth-order valence-electron chi connectivity index (χ4n) is 2.14. The molecule has 0 heterocycles. The number of hydrogen-bond acceptors (Lipinski definition) is 0. The Balaban J connectivity index is 2.87. The molecule has 0 radical (unpaired) electrons. The molecule has 0 unspecified atom stereocenters. The molecule has 0 aromatic heterocycles. The van der Waals surface area contributed by atoms with Gasteiger partial charge in [0, 0.05) is 0 Å². The van der Waals surface area contributed by atoms with Crippen LogP contribution in [0.2, 0.25) is 0 Å². The van der Waals surface area contributed by atoms with Gasteiger partial charge in [-0.3, -0.25) is 0 Å². The van der Waals surface area contributed by atoms with Gasteiger partial charge in [-0.1, -0.05) is 38.8 Å². The minimum absolute atomic E-state index is 1.26. The Hall–Kier alpha value is -0.780. The Kier molecular flexibility index (Phi) is 5.59. The maximum Gasteiger partial charge on any atom is -0.0276 e. The molecule has 90 valence electrons. The second kappa shape index (κ2) is 6.73. The van der Waals surface area contributed by atoms with E-state index in [4.69, 9.17) is 0 Å². The van der Waals surface area contributed by atoms with Gasteiger partial charge in [0.2, 0.25) is 0 Å². The highest BCUT2D eigenvalue weighted by Crippen LogP contribution is 2.20. The topological polar surface area (TPSA) is 0 Å². The fourth-order valence-corrected chi connectivity index (χ4v) is 2.14. The van der Waals surface area contributed by atoms with Crippen LogP contribution < -0.4 is 0 Å². The van der Waals surface area contributed by atoms with Crippen molar-refractivity contribution in [3.05, 3.63) is 34.4 Å². The predicted octanol–water partition coefficient (Wildman–Crippen LogP) is 4.99. The summed E-state index contributed by atoms with van der Waals surface area (Å²) in [6.45, 7) is 9.00. The first-order valence-electron chi connectivity index (χ1n) is 6.78. The third kappa shape index (κ3) is 3.66. The molecule has 1 rings (SSSR count). The number of aryl methyl sites for hydroxylation is 4. The zero-order valence-electron chi connectivity index (χ0n) is 11.4. The summed E-state index contributed by atoms with van der Waals surface area (Å²) >= 11 is 0. The van der Waals surface area contributed by atoms with Crippen molar-refractivity contribution < 1.29 is 0 Å². The molecule has 0 spiro atoms. The smallest absolute Gasteiger partial charge is 0.0276 e. The molecule has 0 aliphatic heterocycles. The molecule has 0 aliphatic rings. The molecule has 0 fully saturated rings. The summed E-state index contributed by atoms with van der Waals surface area (Å²) in [6.07, 6.45) is 7.75. The van der Waals surface area contributed by atoms with Gasteiger partial charge in [-0.25, -0.2) is 0 Å². The molecule has 0 heteroatoms. The van der Waals surface area contributed by atoms with Crippen LogP contribution in [0, 0.1) is 13.8 Å². The summed E-state index contributed by atoms with van der Waals surface area (Å²) in [5.41, 5.74) is 6.09. The van der Waals surface area contributed by atoms with E-state index in [-0.39, 0.29) is 0 Å². The molecule has 1 aromatic carbocycles. The first-order valence-corrected chi connectivity index (χ1v) is 6.78. The highest BCUT2D eigenvalue weighted by molar-refractivity contribution is 5.37. The van der Waals surface area contributed by atoms with Gasteiger partial charge in [0.25, 0.3) is 0 Å². The second-order valence-electron chi connectivity index (χ2n) is 4.91. The van der Waals surface area contributed by atoms with Gasteiger partial charge in [-0.15, -0.1) is 0 Å². The summed E-state index contributed by atoms with van der Waals surface area (Å²) in [6, 6.07) is 4.83. The van der Waals surface area contributed by atoms with Crippen molar-refractivity contribution in [2.24, 2.45) is 0 Å². The molecular formula is C16H26. The number of benzene rings is 1. The van der Waals surface area contributed by atoms with Gasteiger partial charge in [-0.05, 0) is 61.8 Å². The number of hydrogen-bond donors (Lipinski definition) is 0. The Morgan fingerprint density at radius 1 is 0.750 bits per heavy atom. The van der Waals surface area contributed by atoms with E-state index in [0.29, 0.717) is 0 Å². The van der Waals surface area contributed by atoms with E-state index in [1.54, 1.807) is 11.1 Å². The van der Waals surface area contributed by atoms with Gasteiger partial charge >= 0.3 is 0 Å². The van der Waals surface area contributed by atoms with Crippen molar-refractivity contribution >= 4 is 0 Å². The standard InChI is InChI=1S/C16H26/c1-5-7-9-15-11-13(3)14(4)12-16(15)10-8-6-2/h11-12H,5-10H2,1-4H3. The first kappa shape index (κ1) is 13.3. The van der Waals surface area contributed by atoms with Gasteiger partial charge in [0.15, 0.2) is 0 Å². The average molecular weight is 218 g/mol.